The minimum atomic E-state index is -0.675. The molecule has 0 heterocycles. The van der Waals surface area contributed by atoms with Crippen molar-refractivity contribution in [1.29, 1.82) is 0 Å². The minimum absolute atomic E-state index is 0.256. The summed E-state index contributed by atoms with van der Waals surface area (Å²) in [5.41, 5.74) is 0.879. The van der Waals surface area contributed by atoms with E-state index in [2.05, 4.69) is 6.92 Å². The third-order valence-electron chi connectivity index (χ3n) is 3.53. The first-order chi connectivity index (χ1) is 12.0. The topological polar surface area (TPSA) is 101 Å². The summed E-state index contributed by atoms with van der Waals surface area (Å²) in [6, 6.07) is 13.5. The maximum atomic E-state index is 10.9. The summed E-state index contributed by atoms with van der Waals surface area (Å²) in [6.07, 6.45) is 4.55. The van der Waals surface area contributed by atoms with Crippen molar-refractivity contribution in [3.05, 3.63) is 58.6 Å². The molecule has 0 bridgehead atoms. The van der Waals surface area contributed by atoms with Gasteiger partial charge >= 0.3 is 11.7 Å². The van der Waals surface area contributed by atoms with Gasteiger partial charge in [-0.3, -0.25) is 14.9 Å². The van der Waals surface area contributed by atoms with Gasteiger partial charge in [0.05, 0.1) is 10.5 Å². The fraction of sp³-hybridized carbons (Fsp3) is 0.316. The van der Waals surface area contributed by atoms with Crippen LogP contribution in [0.3, 0.4) is 0 Å². The van der Waals surface area contributed by atoms with Gasteiger partial charge in [0.2, 0.25) is 0 Å². The van der Waals surface area contributed by atoms with Gasteiger partial charge in [-0.2, -0.15) is 0 Å². The number of aliphatic carboxylic acids is 1. The second-order valence-electron chi connectivity index (χ2n) is 5.50. The predicted molar refractivity (Wildman–Crippen MR) is 96.6 cm³/mol. The fourth-order valence-corrected chi connectivity index (χ4v) is 2.28. The first-order valence-electron chi connectivity index (χ1n) is 8.21. The molecule has 25 heavy (non-hydrogen) atoms. The molecule has 2 rings (SSSR count). The Morgan fingerprint density at radius 2 is 1.72 bits per heavy atom. The molecule has 0 amide bonds. The Hall–Kier alpha value is -2.89. The normalized spacial score (nSPS) is 9.80. The van der Waals surface area contributed by atoms with E-state index in [4.69, 9.17) is 5.11 Å². The van der Waals surface area contributed by atoms with Crippen LogP contribution in [0, 0.1) is 10.1 Å². The van der Waals surface area contributed by atoms with Crippen molar-refractivity contribution >= 4 is 11.7 Å². The summed E-state index contributed by atoms with van der Waals surface area (Å²) in [7, 11) is 0. The van der Waals surface area contributed by atoms with Gasteiger partial charge in [-0.05, 0) is 24.1 Å². The number of phenols is 1. The molecule has 0 aliphatic carbocycles. The van der Waals surface area contributed by atoms with E-state index in [0.29, 0.717) is 17.5 Å². The summed E-state index contributed by atoms with van der Waals surface area (Å²) >= 11 is 0. The Balaban J connectivity index is 0.000000299. The number of nitrogens with zero attached hydrogens (tertiary/aromatic N) is 1. The second-order valence-corrected chi connectivity index (χ2v) is 5.50. The van der Waals surface area contributed by atoms with Crippen LogP contribution in [0.5, 0.6) is 5.75 Å². The van der Waals surface area contributed by atoms with Crippen LogP contribution in [-0.2, 0) is 4.79 Å². The van der Waals surface area contributed by atoms with Crippen molar-refractivity contribution in [2.45, 2.75) is 39.0 Å². The molecule has 0 atom stereocenters. The Morgan fingerprint density at radius 1 is 1.04 bits per heavy atom. The summed E-state index contributed by atoms with van der Waals surface area (Å²) in [5.74, 6) is -0.988. The highest BCUT2D eigenvalue weighted by atomic mass is 16.6. The first-order valence-corrected chi connectivity index (χ1v) is 8.21. The van der Waals surface area contributed by atoms with Crippen LogP contribution in [-0.4, -0.2) is 21.1 Å². The lowest BCUT2D eigenvalue weighted by atomic mass is 10.0. The highest BCUT2D eigenvalue weighted by Crippen LogP contribution is 2.36. The molecule has 0 radical (unpaired) electrons. The second kappa shape index (κ2) is 10.8. The molecular formula is C19H23NO5. The van der Waals surface area contributed by atoms with Gasteiger partial charge in [0.1, 0.15) is 0 Å². The highest BCUT2D eigenvalue weighted by Gasteiger charge is 2.19. The summed E-state index contributed by atoms with van der Waals surface area (Å²) in [5, 5.41) is 28.6. The zero-order valence-corrected chi connectivity index (χ0v) is 14.2. The number of nitro benzene ring substituents is 1. The van der Waals surface area contributed by atoms with Gasteiger partial charge in [0, 0.05) is 6.42 Å². The average Bonchev–Trinajstić information content (AvgIpc) is 2.59. The highest BCUT2D eigenvalue weighted by molar-refractivity contribution is 5.76. The maximum absolute atomic E-state index is 10.9. The van der Waals surface area contributed by atoms with Crippen LogP contribution >= 0.6 is 0 Å². The number of hydrogen-bond donors (Lipinski definition) is 2. The maximum Gasteiger partial charge on any atom is 0.318 e. The van der Waals surface area contributed by atoms with Crippen molar-refractivity contribution in [1.82, 2.24) is 0 Å². The number of aromatic hydroxyl groups is 1. The van der Waals surface area contributed by atoms with Crippen molar-refractivity contribution in [3.8, 4) is 16.9 Å². The number of carboxylic acids is 1. The molecule has 2 aromatic rings. The zero-order valence-electron chi connectivity index (χ0n) is 14.2. The van der Waals surface area contributed by atoms with Crippen molar-refractivity contribution in [2.75, 3.05) is 0 Å². The summed E-state index contributed by atoms with van der Waals surface area (Å²) in [4.78, 5) is 20.3. The van der Waals surface area contributed by atoms with Gasteiger partial charge in [0.25, 0.3) is 0 Å². The van der Waals surface area contributed by atoms with Crippen LogP contribution in [0.4, 0.5) is 5.69 Å². The molecule has 6 nitrogen and oxygen atoms in total. The monoisotopic (exact) mass is 345 g/mol. The van der Waals surface area contributed by atoms with Gasteiger partial charge < -0.3 is 10.2 Å². The smallest absolute Gasteiger partial charge is 0.318 e. The van der Waals surface area contributed by atoms with E-state index in [1.807, 2.05) is 6.07 Å². The van der Waals surface area contributed by atoms with E-state index in [1.54, 1.807) is 36.4 Å². The average molecular weight is 345 g/mol. The molecule has 0 unspecified atom stereocenters. The zero-order chi connectivity index (χ0) is 18.7. The third kappa shape index (κ3) is 7.03. The van der Waals surface area contributed by atoms with E-state index in [1.165, 1.54) is 12.5 Å². The van der Waals surface area contributed by atoms with Crippen molar-refractivity contribution in [2.24, 2.45) is 0 Å². The predicted octanol–water partition coefficient (Wildman–Crippen LogP) is 5.01. The number of benzene rings is 2. The SMILES string of the molecule is CCCCCCC(=O)O.O=[N+]([O-])c1c(O)cccc1-c1ccccc1. The molecule has 0 aromatic heterocycles. The van der Waals surface area contributed by atoms with Gasteiger partial charge in [0.15, 0.2) is 5.75 Å². The number of rotatable bonds is 7. The van der Waals surface area contributed by atoms with Crippen LogP contribution in [0.25, 0.3) is 11.1 Å². The molecule has 0 aliphatic rings. The number of nitro groups is 1. The Morgan fingerprint density at radius 3 is 2.28 bits per heavy atom. The number of phenolic OH excluding ortho intramolecular Hbond substituents is 1. The Labute approximate surface area is 146 Å². The molecule has 0 spiro atoms. The molecular weight excluding hydrogens is 322 g/mol. The molecule has 0 aliphatic heterocycles. The largest absolute Gasteiger partial charge is 0.502 e. The van der Waals surface area contributed by atoms with Gasteiger partial charge in [-0.15, -0.1) is 0 Å². The Bertz CT molecular complexity index is 685. The lowest BCUT2D eigenvalue weighted by Gasteiger charge is -2.03. The standard InChI is InChI=1S/C12H9NO3.C7H14O2/c14-11-8-4-7-10(12(11)13(15)16)9-5-2-1-3-6-9;1-2-3-4-5-6-7(8)9/h1-8,14H;2-6H2,1H3,(H,8,9). The molecule has 2 N–H and O–H groups in total. The van der Waals surface area contributed by atoms with Gasteiger partial charge in [-0.25, -0.2) is 0 Å². The van der Waals surface area contributed by atoms with E-state index < -0.39 is 10.9 Å². The number of para-hydroxylation sites is 1. The summed E-state index contributed by atoms with van der Waals surface area (Å²) in [6.45, 7) is 2.11. The van der Waals surface area contributed by atoms with Crippen LogP contribution in [0.15, 0.2) is 48.5 Å². The molecule has 0 saturated heterocycles. The molecule has 134 valence electrons. The molecule has 6 heteroatoms. The lowest BCUT2D eigenvalue weighted by molar-refractivity contribution is -0.385. The number of carbonyl (C=O) groups is 1. The van der Waals surface area contributed by atoms with Crippen molar-refractivity contribution in [3.63, 3.8) is 0 Å². The number of unbranched alkanes of at least 4 members (excludes halogenated alkanes) is 3. The van der Waals surface area contributed by atoms with E-state index in [-0.39, 0.29) is 11.4 Å². The lowest BCUT2D eigenvalue weighted by Crippen LogP contribution is -1.92. The molecule has 0 saturated carbocycles. The fourth-order valence-electron chi connectivity index (χ4n) is 2.28. The van der Waals surface area contributed by atoms with E-state index in [0.717, 1.165) is 19.3 Å². The first kappa shape index (κ1) is 20.2. The van der Waals surface area contributed by atoms with E-state index in [9.17, 15) is 20.0 Å². The van der Waals surface area contributed by atoms with Crippen LogP contribution < -0.4 is 0 Å². The quantitative estimate of drug-likeness (QED) is 0.417. The minimum Gasteiger partial charge on any atom is -0.502 e. The van der Waals surface area contributed by atoms with Crippen molar-refractivity contribution < 1.29 is 19.9 Å². The van der Waals surface area contributed by atoms with Crippen LogP contribution in [0.2, 0.25) is 0 Å². The number of carboxylic acid groups (broad SMARTS) is 1. The number of hydrogen-bond acceptors (Lipinski definition) is 4. The van der Waals surface area contributed by atoms with E-state index >= 15 is 0 Å². The van der Waals surface area contributed by atoms with Crippen LogP contribution in [0.1, 0.15) is 39.0 Å². The molecule has 2 aromatic carbocycles. The Kier molecular flexibility index (Phi) is 8.71. The van der Waals surface area contributed by atoms with Gasteiger partial charge in [-0.1, -0.05) is 62.6 Å². The third-order valence-corrected chi connectivity index (χ3v) is 3.53. The molecule has 0 fully saturated rings. The summed E-state index contributed by atoms with van der Waals surface area (Å²) < 4.78 is 0.